The summed E-state index contributed by atoms with van der Waals surface area (Å²) in [6.07, 6.45) is 7.12. The fourth-order valence-electron chi connectivity index (χ4n) is 4.02. The zero-order valence-electron chi connectivity index (χ0n) is 14.3. The van der Waals surface area contributed by atoms with Gasteiger partial charge in [-0.1, -0.05) is 0 Å². The van der Waals surface area contributed by atoms with E-state index in [2.05, 4.69) is 10.3 Å². The third kappa shape index (κ3) is 2.67. The fraction of sp³-hybridized carbons (Fsp3) is 0.556. The molecule has 1 N–H and O–H groups in total. The van der Waals surface area contributed by atoms with Crippen LogP contribution in [0, 0.1) is 5.92 Å². The van der Waals surface area contributed by atoms with E-state index in [4.69, 9.17) is 0 Å². The molecule has 4 amide bonds. The van der Waals surface area contributed by atoms with Crippen molar-refractivity contribution in [1.29, 1.82) is 0 Å². The summed E-state index contributed by atoms with van der Waals surface area (Å²) in [5.41, 5.74) is 0.202. The summed E-state index contributed by atoms with van der Waals surface area (Å²) in [5, 5.41) is 2.79. The number of imide groups is 1. The highest BCUT2D eigenvalue weighted by molar-refractivity contribution is 6.09. The van der Waals surface area contributed by atoms with Crippen molar-refractivity contribution in [2.24, 2.45) is 5.92 Å². The van der Waals surface area contributed by atoms with E-state index in [1.807, 2.05) is 12.1 Å². The van der Waals surface area contributed by atoms with Gasteiger partial charge in [-0.3, -0.25) is 19.5 Å². The minimum atomic E-state index is -0.840. The van der Waals surface area contributed by atoms with Crippen molar-refractivity contribution in [2.75, 3.05) is 13.1 Å². The Bertz CT molecular complexity index is 718. The van der Waals surface area contributed by atoms with Crippen LogP contribution in [0.15, 0.2) is 24.5 Å². The van der Waals surface area contributed by atoms with Crippen LogP contribution in [0.2, 0.25) is 0 Å². The van der Waals surface area contributed by atoms with Crippen LogP contribution in [-0.2, 0) is 9.59 Å². The molecule has 7 heteroatoms. The minimum Gasteiger partial charge on any atom is -0.334 e. The summed E-state index contributed by atoms with van der Waals surface area (Å²) in [5.74, 6) is -0.253. The molecule has 132 valence electrons. The van der Waals surface area contributed by atoms with E-state index in [-0.39, 0.29) is 30.3 Å². The smallest absolute Gasteiger partial charge is 0.325 e. The van der Waals surface area contributed by atoms with Crippen LogP contribution in [0.5, 0.6) is 0 Å². The SMILES string of the molecule is C[C@@]1(C2CC2)NC(=O)N(CC(=O)N2CCC[C@H]2c2ccncc2)C1=O. The van der Waals surface area contributed by atoms with Crippen molar-refractivity contribution in [2.45, 2.75) is 44.2 Å². The number of pyridine rings is 1. The van der Waals surface area contributed by atoms with Crippen molar-refractivity contribution in [3.05, 3.63) is 30.1 Å². The predicted molar refractivity (Wildman–Crippen MR) is 89.3 cm³/mol. The van der Waals surface area contributed by atoms with Gasteiger partial charge in [0.15, 0.2) is 0 Å². The normalized spacial score (nSPS) is 29.2. The number of aromatic nitrogens is 1. The second kappa shape index (κ2) is 5.82. The maximum absolute atomic E-state index is 12.8. The van der Waals surface area contributed by atoms with Crippen molar-refractivity contribution < 1.29 is 14.4 Å². The van der Waals surface area contributed by atoms with Crippen LogP contribution in [0.25, 0.3) is 0 Å². The molecule has 1 saturated carbocycles. The lowest BCUT2D eigenvalue weighted by Gasteiger charge is -2.27. The molecule has 2 atom stereocenters. The molecule has 0 radical (unpaired) electrons. The van der Waals surface area contributed by atoms with E-state index in [9.17, 15) is 14.4 Å². The van der Waals surface area contributed by atoms with Crippen molar-refractivity contribution >= 4 is 17.8 Å². The molecule has 1 aromatic rings. The summed E-state index contributed by atoms with van der Waals surface area (Å²) in [6.45, 7) is 2.23. The molecule has 0 spiro atoms. The third-order valence-corrected chi connectivity index (χ3v) is 5.65. The first-order chi connectivity index (χ1) is 12.0. The summed E-state index contributed by atoms with van der Waals surface area (Å²) in [6, 6.07) is 3.36. The quantitative estimate of drug-likeness (QED) is 0.840. The zero-order valence-corrected chi connectivity index (χ0v) is 14.3. The highest BCUT2D eigenvalue weighted by atomic mass is 16.2. The average molecular weight is 342 g/mol. The van der Waals surface area contributed by atoms with Crippen molar-refractivity contribution in [1.82, 2.24) is 20.1 Å². The van der Waals surface area contributed by atoms with Crippen LogP contribution in [-0.4, -0.2) is 51.3 Å². The van der Waals surface area contributed by atoms with E-state index >= 15 is 0 Å². The van der Waals surface area contributed by atoms with E-state index in [1.54, 1.807) is 24.2 Å². The number of nitrogens with zero attached hydrogens (tertiary/aromatic N) is 3. The van der Waals surface area contributed by atoms with Gasteiger partial charge in [-0.2, -0.15) is 0 Å². The predicted octanol–water partition coefficient (Wildman–Crippen LogP) is 1.47. The number of carbonyl (C=O) groups excluding carboxylic acids is 3. The van der Waals surface area contributed by atoms with Crippen LogP contribution in [0.3, 0.4) is 0 Å². The van der Waals surface area contributed by atoms with Crippen LogP contribution >= 0.6 is 0 Å². The first kappa shape index (κ1) is 16.1. The number of likely N-dealkylation sites (tertiary alicyclic amines) is 1. The van der Waals surface area contributed by atoms with Crippen LogP contribution in [0.4, 0.5) is 4.79 Å². The van der Waals surface area contributed by atoms with Gasteiger partial charge in [0.1, 0.15) is 12.1 Å². The lowest BCUT2D eigenvalue weighted by molar-refractivity contribution is -0.139. The number of amides is 4. The molecule has 3 fully saturated rings. The highest BCUT2D eigenvalue weighted by Crippen LogP contribution is 2.42. The van der Waals surface area contributed by atoms with Gasteiger partial charge in [-0.25, -0.2) is 4.79 Å². The average Bonchev–Trinajstić information content (AvgIpc) is 3.32. The second-order valence-corrected chi connectivity index (χ2v) is 7.32. The Labute approximate surface area is 146 Å². The monoisotopic (exact) mass is 342 g/mol. The molecular formula is C18H22N4O3. The first-order valence-electron chi connectivity index (χ1n) is 8.84. The Morgan fingerprint density at radius 1 is 1.28 bits per heavy atom. The molecule has 3 heterocycles. The molecular weight excluding hydrogens is 320 g/mol. The van der Waals surface area contributed by atoms with Crippen LogP contribution < -0.4 is 5.32 Å². The maximum atomic E-state index is 12.8. The molecule has 2 aliphatic heterocycles. The Balaban J connectivity index is 1.48. The number of carbonyl (C=O) groups is 3. The summed E-state index contributed by atoms with van der Waals surface area (Å²) in [4.78, 5) is 44.6. The van der Waals surface area contributed by atoms with E-state index in [1.165, 1.54) is 0 Å². The Hall–Kier alpha value is -2.44. The first-order valence-corrected chi connectivity index (χ1v) is 8.84. The number of rotatable bonds is 4. The lowest BCUT2D eigenvalue weighted by atomic mass is 9.96. The molecule has 25 heavy (non-hydrogen) atoms. The third-order valence-electron chi connectivity index (χ3n) is 5.65. The summed E-state index contributed by atoms with van der Waals surface area (Å²) in [7, 11) is 0. The van der Waals surface area contributed by atoms with Crippen molar-refractivity contribution in [3.63, 3.8) is 0 Å². The van der Waals surface area contributed by atoms with Crippen molar-refractivity contribution in [3.8, 4) is 0 Å². The van der Waals surface area contributed by atoms with Gasteiger partial charge in [0, 0.05) is 18.9 Å². The van der Waals surface area contributed by atoms with E-state index < -0.39 is 11.6 Å². The zero-order chi connectivity index (χ0) is 17.6. The Kier molecular flexibility index (Phi) is 3.74. The molecule has 1 aromatic heterocycles. The van der Waals surface area contributed by atoms with Gasteiger partial charge in [-0.15, -0.1) is 0 Å². The highest BCUT2D eigenvalue weighted by Gasteiger charge is 2.56. The molecule has 0 aromatic carbocycles. The Morgan fingerprint density at radius 3 is 2.68 bits per heavy atom. The number of hydrogen-bond acceptors (Lipinski definition) is 4. The number of hydrogen-bond donors (Lipinski definition) is 1. The number of urea groups is 1. The molecule has 3 aliphatic rings. The van der Waals surface area contributed by atoms with E-state index in [0.717, 1.165) is 36.1 Å². The Morgan fingerprint density at radius 2 is 2.00 bits per heavy atom. The fourth-order valence-corrected chi connectivity index (χ4v) is 4.02. The van der Waals surface area contributed by atoms with Crippen LogP contribution in [0.1, 0.15) is 44.2 Å². The number of nitrogens with one attached hydrogen (secondary N) is 1. The maximum Gasteiger partial charge on any atom is 0.325 e. The van der Waals surface area contributed by atoms with Gasteiger partial charge in [0.2, 0.25) is 5.91 Å². The minimum absolute atomic E-state index is 0.00826. The summed E-state index contributed by atoms with van der Waals surface area (Å²) < 4.78 is 0. The molecule has 4 rings (SSSR count). The lowest BCUT2D eigenvalue weighted by Crippen LogP contribution is -2.47. The van der Waals surface area contributed by atoms with Gasteiger partial charge < -0.3 is 10.2 Å². The van der Waals surface area contributed by atoms with Gasteiger partial charge in [0.25, 0.3) is 5.91 Å². The topological polar surface area (TPSA) is 82.6 Å². The van der Waals surface area contributed by atoms with Gasteiger partial charge in [-0.05, 0) is 56.2 Å². The van der Waals surface area contributed by atoms with E-state index in [0.29, 0.717) is 6.54 Å². The molecule has 2 saturated heterocycles. The van der Waals surface area contributed by atoms with Gasteiger partial charge >= 0.3 is 6.03 Å². The molecule has 1 aliphatic carbocycles. The second-order valence-electron chi connectivity index (χ2n) is 7.32. The van der Waals surface area contributed by atoms with Gasteiger partial charge in [0.05, 0.1) is 6.04 Å². The molecule has 0 bridgehead atoms. The summed E-state index contributed by atoms with van der Waals surface area (Å²) >= 11 is 0. The largest absolute Gasteiger partial charge is 0.334 e. The molecule has 0 unspecified atom stereocenters. The standard InChI is InChI=1S/C18H22N4O3/c1-18(13-4-5-13)16(24)22(17(25)20-18)11-15(23)21-10-2-3-14(21)12-6-8-19-9-7-12/h6-9,13-14H,2-5,10-11H2,1H3,(H,20,25)/t14-,18-/m0/s1. The molecule has 7 nitrogen and oxygen atoms in total.